The van der Waals surface area contributed by atoms with Crippen molar-refractivity contribution >= 4 is 16.5 Å². The molecule has 0 spiro atoms. The van der Waals surface area contributed by atoms with Gasteiger partial charge in [-0.1, -0.05) is 23.5 Å². The summed E-state index contributed by atoms with van der Waals surface area (Å²) in [6, 6.07) is 6.53. The Morgan fingerprint density at radius 3 is 2.90 bits per heavy atom. The van der Waals surface area contributed by atoms with Gasteiger partial charge in [0.2, 0.25) is 5.13 Å². The highest BCUT2D eigenvalue weighted by molar-refractivity contribution is 7.15. The molecule has 0 amide bonds. The summed E-state index contributed by atoms with van der Waals surface area (Å²) in [6.45, 7) is 1.88. The maximum Gasteiger partial charge on any atom is 0.208 e. The number of benzene rings is 1. The highest BCUT2D eigenvalue weighted by Crippen LogP contribution is 2.26. The summed E-state index contributed by atoms with van der Waals surface area (Å²) in [5.41, 5.74) is 1.05. The number of aromatic nitrogens is 2. The van der Waals surface area contributed by atoms with Crippen molar-refractivity contribution in [2.75, 3.05) is 25.1 Å². The normalized spacial score (nSPS) is 19.0. The fraction of sp³-hybridized carbons (Fsp3) is 0.467. The van der Waals surface area contributed by atoms with Crippen molar-refractivity contribution in [2.24, 2.45) is 0 Å². The molecule has 0 N–H and O–H groups in total. The SMILES string of the molecule is COC1CCCN(c2nnc(Cc3ccc(F)cc3)s2)C1. The Morgan fingerprint density at radius 1 is 1.33 bits per heavy atom. The van der Waals surface area contributed by atoms with Gasteiger partial charge in [0, 0.05) is 26.6 Å². The summed E-state index contributed by atoms with van der Waals surface area (Å²) in [4.78, 5) is 2.24. The lowest BCUT2D eigenvalue weighted by Crippen LogP contribution is -2.39. The van der Waals surface area contributed by atoms with Crippen LogP contribution in [0.25, 0.3) is 0 Å². The van der Waals surface area contributed by atoms with Gasteiger partial charge in [-0.2, -0.15) is 0 Å². The first kappa shape index (κ1) is 14.4. The number of anilines is 1. The van der Waals surface area contributed by atoms with E-state index in [-0.39, 0.29) is 11.9 Å². The summed E-state index contributed by atoms with van der Waals surface area (Å²) in [7, 11) is 1.76. The second-order valence-electron chi connectivity index (χ2n) is 5.23. The van der Waals surface area contributed by atoms with Crippen molar-refractivity contribution in [3.63, 3.8) is 0 Å². The van der Waals surface area contributed by atoms with Gasteiger partial charge in [0.05, 0.1) is 6.10 Å². The van der Waals surface area contributed by atoms with Gasteiger partial charge in [-0.25, -0.2) is 4.39 Å². The van der Waals surface area contributed by atoms with Crippen LogP contribution in [-0.4, -0.2) is 36.5 Å². The van der Waals surface area contributed by atoms with E-state index in [4.69, 9.17) is 4.74 Å². The molecule has 1 aromatic heterocycles. The van der Waals surface area contributed by atoms with E-state index in [0.717, 1.165) is 41.6 Å². The van der Waals surface area contributed by atoms with Crippen LogP contribution in [0.2, 0.25) is 0 Å². The van der Waals surface area contributed by atoms with Crippen LogP contribution in [0.4, 0.5) is 9.52 Å². The van der Waals surface area contributed by atoms with Crippen LogP contribution >= 0.6 is 11.3 Å². The van der Waals surface area contributed by atoms with Crippen LogP contribution in [0.15, 0.2) is 24.3 Å². The van der Waals surface area contributed by atoms with Gasteiger partial charge in [0.1, 0.15) is 10.8 Å². The molecule has 2 aromatic rings. The molecule has 0 radical (unpaired) electrons. The quantitative estimate of drug-likeness (QED) is 0.870. The molecule has 0 saturated carbocycles. The minimum Gasteiger partial charge on any atom is -0.380 e. The van der Waals surface area contributed by atoms with Crippen molar-refractivity contribution in [2.45, 2.75) is 25.4 Å². The van der Waals surface area contributed by atoms with Crippen LogP contribution in [0, 0.1) is 5.82 Å². The molecule has 0 bridgehead atoms. The third-order valence-corrected chi connectivity index (χ3v) is 4.69. The average Bonchev–Trinajstić information content (AvgIpc) is 2.98. The lowest BCUT2D eigenvalue weighted by atomic mass is 10.1. The van der Waals surface area contributed by atoms with Gasteiger partial charge in [-0.3, -0.25) is 0 Å². The first-order valence-corrected chi connectivity index (χ1v) is 7.91. The molecule has 3 rings (SSSR count). The van der Waals surface area contributed by atoms with E-state index in [2.05, 4.69) is 15.1 Å². The number of hydrogen-bond donors (Lipinski definition) is 0. The molecular weight excluding hydrogens is 289 g/mol. The Kier molecular flexibility index (Phi) is 4.45. The highest BCUT2D eigenvalue weighted by Gasteiger charge is 2.22. The summed E-state index contributed by atoms with van der Waals surface area (Å²) in [5, 5.41) is 10.4. The minimum atomic E-state index is -0.212. The minimum absolute atomic E-state index is 0.212. The van der Waals surface area contributed by atoms with Crippen LogP contribution in [0.3, 0.4) is 0 Å². The first-order chi connectivity index (χ1) is 10.2. The summed E-state index contributed by atoms with van der Waals surface area (Å²) >= 11 is 1.61. The van der Waals surface area contributed by atoms with E-state index in [0.29, 0.717) is 6.42 Å². The number of rotatable bonds is 4. The fourth-order valence-corrected chi connectivity index (χ4v) is 3.43. The second-order valence-corrected chi connectivity index (χ2v) is 6.27. The molecule has 0 aliphatic carbocycles. The van der Waals surface area contributed by atoms with E-state index in [1.165, 1.54) is 12.1 Å². The molecule has 1 unspecified atom stereocenters. The molecule has 1 aliphatic rings. The molecule has 1 atom stereocenters. The van der Waals surface area contributed by atoms with Crippen LogP contribution in [0.5, 0.6) is 0 Å². The van der Waals surface area contributed by atoms with E-state index in [9.17, 15) is 4.39 Å². The zero-order valence-electron chi connectivity index (χ0n) is 12.0. The number of piperidine rings is 1. The Bertz CT molecular complexity index is 587. The van der Waals surface area contributed by atoms with E-state index in [1.54, 1.807) is 30.6 Å². The van der Waals surface area contributed by atoms with E-state index in [1.807, 2.05) is 0 Å². The van der Waals surface area contributed by atoms with Gasteiger partial charge in [0.15, 0.2) is 0 Å². The molecule has 1 aromatic carbocycles. The molecule has 1 saturated heterocycles. The molecule has 1 fully saturated rings. The van der Waals surface area contributed by atoms with Crippen molar-refractivity contribution < 1.29 is 9.13 Å². The molecule has 6 heteroatoms. The molecule has 1 aliphatic heterocycles. The summed E-state index contributed by atoms with van der Waals surface area (Å²) < 4.78 is 18.3. The topological polar surface area (TPSA) is 38.2 Å². The molecule has 4 nitrogen and oxygen atoms in total. The number of nitrogens with zero attached hydrogens (tertiary/aromatic N) is 3. The lowest BCUT2D eigenvalue weighted by molar-refractivity contribution is 0.0893. The highest BCUT2D eigenvalue weighted by atomic mass is 32.1. The molecular formula is C15H18FN3OS. The third-order valence-electron chi connectivity index (χ3n) is 3.71. The van der Waals surface area contributed by atoms with Gasteiger partial charge in [0.25, 0.3) is 0 Å². The fourth-order valence-electron chi connectivity index (χ4n) is 2.53. The Hall–Kier alpha value is -1.53. The summed E-state index contributed by atoms with van der Waals surface area (Å²) in [6.07, 6.45) is 3.20. The smallest absolute Gasteiger partial charge is 0.208 e. The standard InChI is InChI=1S/C15H18FN3OS/c1-20-13-3-2-8-19(10-13)15-18-17-14(21-15)9-11-4-6-12(16)7-5-11/h4-7,13H,2-3,8-10H2,1H3. The summed E-state index contributed by atoms with van der Waals surface area (Å²) in [5.74, 6) is -0.212. The number of halogens is 1. The predicted octanol–water partition coefficient (Wildman–Crippen LogP) is 2.88. The number of hydrogen-bond acceptors (Lipinski definition) is 5. The van der Waals surface area contributed by atoms with Gasteiger partial charge >= 0.3 is 0 Å². The number of methoxy groups -OCH3 is 1. The lowest BCUT2D eigenvalue weighted by Gasteiger charge is -2.31. The Morgan fingerprint density at radius 2 is 2.14 bits per heavy atom. The van der Waals surface area contributed by atoms with Crippen molar-refractivity contribution in [1.29, 1.82) is 0 Å². The van der Waals surface area contributed by atoms with E-state index < -0.39 is 0 Å². The maximum atomic E-state index is 12.9. The van der Waals surface area contributed by atoms with Gasteiger partial charge < -0.3 is 9.64 Å². The zero-order valence-corrected chi connectivity index (χ0v) is 12.8. The van der Waals surface area contributed by atoms with Crippen molar-refractivity contribution in [3.05, 3.63) is 40.7 Å². The maximum absolute atomic E-state index is 12.9. The Balaban J connectivity index is 1.67. The number of ether oxygens (including phenoxy) is 1. The molecule has 2 heterocycles. The Labute approximate surface area is 127 Å². The van der Waals surface area contributed by atoms with Crippen LogP contribution in [-0.2, 0) is 11.2 Å². The average molecular weight is 307 g/mol. The van der Waals surface area contributed by atoms with Gasteiger partial charge in [-0.15, -0.1) is 10.2 Å². The molecule has 112 valence electrons. The van der Waals surface area contributed by atoms with Crippen LogP contribution in [0.1, 0.15) is 23.4 Å². The van der Waals surface area contributed by atoms with Gasteiger partial charge in [-0.05, 0) is 30.5 Å². The van der Waals surface area contributed by atoms with Crippen molar-refractivity contribution in [1.82, 2.24) is 10.2 Å². The second kappa shape index (κ2) is 6.49. The largest absolute Gasteiger partial charge is 0.380 e. The molecule has 21 heavy (non-hydrogen) atoms. The first-order valence-electron chi connectivity index (χ1n) is 7.09. The predicted molar refractivity (Wildman–Crippen MR) is 81.4 cm³/mol. The zero-order chi connectivity index (χ0) is 14.7. The monoisotopic (exact) mass is 307 g/mol. The van der Waals surface area contributed by atoms with Crippen LogP contribution < -0.4 is 4.90 Å². The third kappa shape index (κ3) is 3.57. The van der Waals surface area contributed by atoms with Crippen molar-refractivity contribution in [3.8, 4) is 0 Å². The van der Waals surface area contributed by atoms with E-state index >= 15 is 0 Å².